The highest BCUT2D eigenvalue weighted by Gasteiger charge is 2.18. The van der Waals surface area contributed by atoms with Crippen LogP contribution in [-0.2, 0) is 11.3 Å². The third kappa shape index (κ3) is 4.10. The average molecular weight is 329 g/mol. The fourth-order valence-corrected chi connectivity index (χ4v) is 2.94. The Morgan fingerprint density at radius 2 is 2.04 bits per heavy atom. The summed E-state index contributed by atoms with van der Waals surface area (Å²) in [6.07, 6.45) is 1.86. The van der Waals surface area contributed by atoms with Crippen LogP contribution in [0.1, 0.15) is 29.8 Å². The summed E-state index contributed by atoms with van der Waals surface area (Å²) in [5.41, 5.74) is 4.18. The maximum absolute atomic E-state index is 13.8. The van der Waals surface area contributed by atoms with Crippen LogP contribution in [-0.4, -0.2) is 31.3 Å². The van der Waals surface area contributed by atoms with Crippen LogP contribution in [0.25, 0.3) is 0 Å². The van der Waals surface area contributed by atoms with Crippen LogP contribution in [0.2, 0.25) is 0 Å². The minimum absolute atomic E-state index is 0.0293. The molecule has 24 heavy (non-hydrogen) atoms. The van der Waals surface area contributed by atoms with Crippen molar-refractivity contribution in [1.29, 1.82) is 0 Å². The van der Waals surface area contributed by atoms with Crippen molar-refractivity contribution in [3.63, 3.8) is 0 Å². The van der Waals surface area contributed by atoms with E-state index in [-0.39, 0.29) is 11.9 Å². The number of nitrogens with one attached hydrogen (secondary N) is 1. The van der Waals surface area contributed by atoms with E-state index in [1.165, 1.54) is 6.07 Å². The van der Waals surface area contributed by atoms with E-state index < -0.39 is 0 Å². The summed E-state index contributed by atoms with van der Waals surface area (Å²) in [5.74, 6) is -0.205. The Labute approximate surface area is 142 Å². The molecule has 0 aliphatic carbocycles. The first-order valence-corrected chi connectivity index (χ1v) is 8.40. The number of ether oxygens (including phenoxy) is 1. The Kier molecular flexibility index (Phi) is 5.43. The van der Waals surface area contributed by atoms with Crippen molar-refractivity contribution in [1.82, 2.24) is 10.3 Å². The summed E-state index contributed by atoms with van der Waals surface area (Å²) in [6, 6.07) is 9.13. The van der Waals surface area contributed by atoms with Gasteiger partial charge in [0.2, 0.25) is 0 Å². The van der Waals surface area contributed by atoms with E-state index in [0.29, 0.717) is 19.8 Å². The van der Waals surface area contributed by atoms with Crippen molar-refractivity contribution < 1.29 is 9.13 Å². The quantitative estimate of drug-likeness (QED) is 0.914. The summed E-state index contributed by atoms with van der Waals surface area (Å²) >= 11 is 0. The minimum Gasteiger partial charge on any atom is -0.378 e. The van der Waals surface area contributed by atoms with Crippen LogP contribution in [0.15, 0.2) is 36.5 Å². The van der Waals surface area contributed by atoms with E-state index in [2.05, 4.69) is 28.2 Å². The van der Waals surface area contributed by atoms with E-state index in [4.69, 9.17) is 4.74 Å². The second-order valence-corrected chi connectivity index (χ2v) is 6.23. The first-order chi connectivity index (χ1) is 11.6. The first-order valence-electron chi connectivity index (χ1n) is 8.40. The third-order valence-corrected chi connectivity index (χ3v) is 4.37. The van der Waals surface area contributed by atoms with Gasteiger partial charge >= 0.3 is 0 Å². The number of anilines is 1. The van der Waals surface area contributed by atoms with Gasteiger partial charge in [0.05, 0.1) is 18.9 Å². The fraction of sp³-hybridized carbons (Fsp3) is 0.421. The SMILES string of the molecule is Cc1ccc(CN[C@@H](C)c2cc(F)ccc2N2CCOCC2)nc1. The fourth-order valence-electron chi connectivity index (χ4n) is 2.94. The topological polar surface area (TPSA) is 37.4 Å². The van der Waals surface area contributed by atoms with Crippen LogP contribution < -0.4 is 10.2 Å². The van der Waals surface area contributed by atoms with Crippen LogP contribution in [0.5, 0.6) is 0 Å². The molecule has 2 aromatic rings. The second-order valence-electron chi connectivity index (χ2n) is 6.23. The number of morpholine rings is 1. The molecule has 0 bridgehead atoms. The largest absolute Gasteiger partial charge is 0.378 e. The lowest BCUT2D eigenvalue weighted by molar-refractivity contribution is 0.122. The molecule has 3 rings (SSSR count). The molecule has 0 unspecified atom stereocenters. The summed E-state index contributed by atoms with van der Waals surface area (Å²) in [5, 5.41) is 3.45. The molecule has 1 atom stereocenters. The van der Waals surface area contributed by atoms with E-state index in [9.17, 15) is 4.39 Å². The van der Waals surface area contributed by atoms with Crippen LogP contribution >= 0.6 is 0 Å². The molecule has 4 nitrogen and oxygen atoms in total. The molecule has 2 heterocycles. The van der Waals surface area contributed by atoms with Crippen molar-refractivity contribution >= 4 is 5.69 Å². The number of pyridine rings is 1. The Hall–Kier alpha value is -1.98. The first kappa shape index (κ1) is 16.9. The molecule has 0 spiro atoms. The molecule has 1 aromatic heterocycles. The van der Waals surface area contributed by atoms with Gasteiger partial charge in [-0.15, -0.1) is 0 Å². The number of aromatic nitrogens is 1. The molecule has 1 aliphatic heterocycles. The summed E-state index contributed by atoms with van der Waals surface area (Å²) in [7, 11) is 0. The molecular weight excluding hydrogens is 305 g/mol. The number of nitrogens with zero attached hydrogens (tertiary/aromatic N) is 2. The highest BCUT2D eigenvalue weighted by Crippen LogP contribution is 2.28. The third-order valence-electron chi connectivity index (χ3n) is 4.37. The Balaban J connectivity index is 1.74. The van der Waals surface area contributed by atoms with Gasteiger partial charge in [0.15, 0.2) is 0 Å². The van der Waals surface area contributed by atoms with Gasteiger partial charge in [-0.1, -0.05) is 6.07 Å². The van der Waals surface area contributed by atoms with Gasteiger partial charge in [-0.3, -0.25) is 4.98 Å². The summed E-state index contributed by atoms with van der Waals surface area (Å²) in [6.45, 7) is 7.84. The maximum atomic E-state index is 13.8. The number of rotatable bonds is 5. The van der Waals surface area contributed by atoms with Gasteiger partial charge in [0, 0.05) is 37.6 Å². The highest BCUT2D eigenvalue weighted by molar-refractivity contribution is 5.55. The van der Waals surface area contributed by atoms with E-state index in [1.807, 2.05) is 25.3 Å². The molecule has 5 heteroatoms. The number of hydrogen-bond acceptors (Lipinski definition) is 4. The van der Waals surface area contributed by atoms with Gasteiger partial charge in [-0.2, -0.15) is 0 Å². The van der Waals surface area contributed by atoms with E-state index in [0.717, 1.165) is 35.6 Å². The molecule has 0 amide bonds. The van der Waals surface area contributed by atoms with E-state index >= 15 is 0 Å². The predicted molar refractivity (Wildman–Crippen MR) is 93.7 cm³/mol. The van der Waals surface area contributed by atoms with Crippen molar-refractivity contribution in [3.8, 4) is 0 Å². The molecule has 128 valence electrons. The molecule has 0 saturated carbocycles. The number of hydrogen-bond donors (Lipinski definition) is 1. The van der Waals surface area contributed by atoms with Crippen molar-refractivity contribution in [2.75, 3.05) is 31.2 Å². The minimum atomic E-state index is -0.205. The van der Waals surface area contributed by atoms with E-state index in [1.54, 1.807) is 6.07 Å². The lowest BCUT2D eigenvalue weighted by Gasteiger charge is -2.32. The predicted octanol–water partition coefficient (Wildman–Crippen LogP) is 3.22. The zero-order chi connectivity index (χ0) is 16.9. The van der Waals surface area contributed by atoms with Gasteiger partial charge in [0.25, 0.3) is 0 Å². The smallest absolute Gasteiger partial charge is 0.123 e. The van der Waals surface area contributed by atoms with Crippen LogP contribution in [0, 0.1) is 12.7 Å². The molecular formula is C19H24FN3O. The van der Waals surface area contributed by atoms with Crippen molar-refractivity contribution in [3.05, 3.63) is 59.2 Å². The second kappa shape index (κ2) is 7.73. The lowest BCUT2D eigenvalue weighted by Crippen LogP contribution is -2.37. The lowest BCUT2D eigenvalue weighted by atomic mass is 10.0. The summed E-state index contributed by atoms with van der Waals surface area (Å²) < 4.78 is 19.2. The Bertz CT molecular complexity index is 669. The van der Waals surface area contributed by atoms with Gasteiger partial charge < -0.3 is 15.0 Å². The number of halogens is 1. The standard InChI is InChI=1S/C19H24FN3O/c1-14-3-5-17(22-12-14)13-21-15(2)18-11-16(20)4-6-19(18)23-7-9-24-10-8-23/h3-6,11-12,15,21H,7-10,13H2,1-2H3/t15-/m0/s1. The summed E-state index contributed by atoms with van der Waals surface area (Å²) in [4.78, 5) is 6.67. The van der Waals surface area contributed by atoms with Crippen molar-refractivity contribution in [2.45, 2.75) is 26.4 Å². The molecule has 0 radical (unpaired) electrons. The van der Waals surface area contributed by atoms with Gasteiger partial charge in [0.1, 0.15) is 5.82 Å². The zero-order valence-electron chi connectivity index (χ0n) is 14.3. The maximum Gasteiger partial charge on any atom is 0.123 e. The molecule has 1 N–H and O–H groups in total. The van der Waals surface area contributed by atoms with Gasteiger partial charge in [-0.25, -0.2) is 4.39 Å². The molecule has 1 fully saturated rings. The Morgan fingerprint density at radius 3 is 2.75 bits per heavy atom. The molecule has 1 aromatic carbocycles. The zero-order valence-corrected chi connectivity index (χ0v) is 14.3. The molecule has 1 aliphatic rings. The van der Waals surface area contributed by atoms with Crippen molar-refractivity contribution in [2.24, 2.45) is 0 Å². The monoisotopic (exact) mass is 329 g/mol. The highest BCUT2D eigenvalue weighted by atomic mass is 19.1. The van der Waals surface area contributed by atoms with Crippen LogP contribution in [0.4, 0.5) is 10.1 Å². The van der Waals surface area contributed by atoms with Gasteiger partial charge in [-0.05, 0) is 49.2 Å². The number of aryl methyl sites for hydroxylation is 1. The average Bonchev–Trinajstić information content (AvgIpc) is 2.61. The Morgan fingerprint density at radius 1 is 1.25 bits per heavy atom. The molecule has 1 saturated heterocycles. The normalized spacial score (nSPS) is 16.2. The van der Waals surface area contributed by atoms with Crippen LogP contribution in [0.3, 0.4) is 0 Å². The number of benzene rings is 1.